The Labute approximate surface area is 305 Å². The van der Waals surface area contributed by atoms with Gasteiger partial charge in [0.15, 0.2) is 0 Å². The van der Waals surface area contributed by atoms with Gasteiger partial charge in [-0.2, -0.15) is 0 Å². The summed E-state index contributed by atoms with van der Waals surface area (Å²) in [5.41, 5.74) is 3.18. The maximum atomic E-state index is 12.9. The number of allylic oxidation sites excluding steroid dienone is 1. The van der Waals surface area contributed by atoms with Crippen molar-refractivity contribution >= 4 is 24.0 Å². The van der Waals surface area contributed by atoms with Gasteiger partial charge in [-0.05, 0) is 127 Å². The van der Waals surface area contributed by atoms with Crippen LogP contribution in [0, 0.1) is 46.3 Å². The fourth-order valence-electron chi connectivity index (χ4n) is 10.8. The summed E-state index contributed by atoms with van der Waals surface area (Å²) in [5, 5.41) is 0. The van der Waals surface area contributed by atoms with Crippen molar-refractivity contribution in [2.75, 3.05) is 0 Å². The van der Waals surface area contributed by atoms with Crippen molar-refractivity contribution in [2.24, 2.45) is 46.3 Å². The topological polar surface area (TPSA) is 78.9 Å². The molecule has 0 spiro atoms. The highest BCUT2D eigenvalue weighted by Crippen LogP contribution is 2.67. The van der Waals surface area contributed by atoms with Gasteiger partial charge in [0.05, 0.1) is 0 Å². The zero-order valence-corrected chi connectivity index (χ0v) is 31.6. The van der Waals surface area contributed by atoms with E-state index in [2.05, 4.69) is 40.7 Å². The fourth-order valence-corrected chi connectivity index (χ4v) is 10.8. The molecule has 8 atom stereocenters. The summed E-state index contributed by atoms with van der Waals surface area (Å²) < 4.78 is 16.6. The van der Waals surface area contributed by atoms with E-state index in [1.807, 2.05) is 0 Å². The normalized spacial score (nSPS) is 30.5. The molecule has 0 heterocycles. The van der Waals surface area contributed by atoms with Crippen molar-refractivity contribution in [3.8, 4) is 11.5 Å². The van der Waals surface area contributed by atoms with Crippen LogP contribution >= 0.6 is 0 Å². The molecule has 4 aliphatic carbocycles. The predicted molar refractivity (Wildman–Crippen MR) is 201 cm³/mol. The van der Waals surface area contributed by atoms with E-state index in [-0.39, 0.29) is 28.8 Å². The van der Waals surface area contributed by atoms with Crippen LogP contribution in [0.2, 0.25) is 0 Å². The number of esters is 3. The summed E-state index contributed by atoms with van der Waals surface area (Å²) in [6.45, 7) is 13.7. The fraction of sp³-hybridized carbons (Fsp3) is 0.578. The molecule has 274 valence electrons. The zero-order valence-electron chi connectivity index (χ0n) is 31.6. The molecule has 0 aliphatic heterocycles. The Kier molecular flexibility index (Phi) is 11.3. The molecule has 4 aliphatic rings. The predicted octanol–water partition coefficient (Wildman–Crippen LogP) is 10.8. The smallest absolute Gasteiger partial charge is 0.347 e. The van der Waals surface area contributed by atoms with Crippen LogP contribution in [-0.2, 0) is 14.3 Å². The molecule has 0 bridgehead atoms. The largest absolute Gasteiger partial charge is 0.459 e. The van der Waals surface area contributed by atoms with Gasteiger partial charge < -0.3 is 14.2 Å². The molecule has 0 radical (unpaired) electrons. The molecule has 0 N–H and O–H groups in total. The minimum absolute atomic E-state index is 0.0916. The Hall–Kier alpha value is -3.67. The van der Waals surface area contributed by atoms with Crippen molar-refractivity contribution in [1.29, 1.82) is 0 Å². The molecule has 0 saturated heterocycles. The van der Waals surface area contributed by atoms with Crippen LogP contribution in [0.4, 0.5) is 0 Å². The number of hydrogen-bond donors (Lipinski definition) is 0. The second kappa shape index (κ2) is 15.5. The van der Waals surface area contributed by atoms with Gasteiger partial charge in [0.25, 0.3) is 0 Å². The van der Waals surface area contributed by atoms with Gasteiger partial charge >= 0.3 is 17.9 Å². The van der Waals surface area contributed by atoms with Gasteiger partial charge in [0.1, 0.15) is 23.2 Å². The van der Waals surface area contributed by atoms with Crippen LogP contribution < -0.4 is 9.47 Å². The van der Waals surface area contributed by atoms with Crippen molar-refractivity contribution < 1.29 is 28.6 Å². The average Bonchev–Trinajstić information content (AvgIpc) is 3.45. The van der Waals surface area contributed by atoms with Crippen molar-refractivity contribution in [1.82, 2.24) is 0 Å². The summed E-state index contributed by atoms with van der Waals surface area (Å²) in [6, 6.07) is 13.3. The maximum absolute atomic E-state index is 12.9. The molecule has 51 heavy (non-hydrogen) atoms. The molecule has 3 saturated carbocycles. The highest BCUT2D eigenvalue weighted by atomic mass is 16.6. The van der Waals surface area contributed by atoms with Crippen molar-refractivity contribution in [3.63, 3.8) is 0 Å². The van der Waals surface area contributed by atoms with Gasteiger partial charge in [-0.3, -0.25) is 4.79 Å². The number of carbonyl (C=O) groups excluding carboxylic acids is 3. The molecule has 2 aromatic rings. The van der Waals surface area contributed by atoms with E-state index in [4.69, 9.17) is 14.2 Å². The summed E-state index contributed by atoms with van der Waals surface area (Å²) in [6.07, 6.45) is 19.4. The third-order valence-corrected chi connectivity index (χ3v) is 13.4. The van der Waals surface area contributed by atoms with Gasteiger partial charge in [-0.25, -0.2) is 9.59 Å². The molecule has 0 aromatic heterocycles. The van der Waals surface area contributed by atoms with E-state index in [1.165, 1.54) is 69.9 Å². The first-order valence-corrected chi connectivity index (χ1v) is 19.5. The quantitative estimate of drug-likeness (QED) is 0.101. The highest BCUT2D eigenvalue weighted by molar-refractivity contribution is 5.94. The van der Waals surface area contributed by atoms with Crippen LogP contribution in [0.5, 0.6) is 11.5 Å². The standard InChI is InChI=1S/C45H58O6/c1-29(2)10-9-11-30(3)38-21-22-39-36-20-17-33-28-35(24-26-44(33,5)40(36)25-27-45(38,39)6)50-42(47)23-16-32-14-18-34(19-15-32)51-43(48)37-12-7-8-13-41(37)49-31(4)46/h7-8,12-19,23,29-30,35-36,38-40H,9-11,20-22,24-28H2,1-6H3. The summed E-state index contributed by atoms with van der Waals surface area (Å²) in [4.78, 5) is 37.1. The van der Waals surface area contributed by atoms with Crippen molar-refractivity contribution in [2.45, 2.75) is 118 Å². The lowest BCUT2D eigenvalue weighted by Gasteiger charge is -2.58. The lowest BCUT2D eigenvalue weighted by Crippen LogP contribution is -2.51. The number of para-hydroxylation sites is 1. The van der Waals surface area contributed by atoms with E-state index in [0.717, 1.165) is 60.3 Å². The minimum atomic E-state index is -0.627. The number of benzene rings is 2. The van der Waals surface area contributed by atoms with Crippen LogP contribution in [0.25, 0.3) is 6.08 Å². The highest BCUT2D eigenvalue weighted by Gasteiger charge is 2.59. The Morgan fingerprint density at radius 3 is 2.39 bits per heavy atom. The molecule has 6 heteroatoms. The first-order valence-electron chi connectivity index (χ1n) is 19.5. The van der Waals surface area contributed by atoms with Gasteiger partial charge in [-0.1, -0.05) is 89.8 Å². The molecule has 6 nitrogen and oxygen atoms in total. The molecule has 0 amide bonds. The number of carbonyl (C=O) groups is 3. The summed E-state index contributed by atoms with van der Waals surface area (Å²) in [5.74, 6) is 3.89. The molecular formula is C45H58O6. The lowest BCUT2D eigenvalue weighted by atomic mass is 9.47. The van der Waals surface area contributed by atoms with Crippen LogP contribution in [-0.4, -0.2) is 24.0 Å². The van der Waals surface area contributed by atoms with Crippen molar-refractivity contribution in [3.05, 3.63) is 77.4 Å². The van der Waals surface area contributed by atoms with E-state index < -0.39 is 11.9 Å². The van der Waals surface area contributed by atoms with Gasteiger partial charge in [0, 0.05) is 19.4 Å². The molecule has 3 fully saturated rings. The van der Waals surface area contributed by atoms with E-state index in [1.54, 1.807) is 54.6 Å². The average molecular weight is 695 g/mol. The Balaban J connectivity index is 1.01. The summed E-state index contributed by atoms with van der Waals surface area (Å²) in [7, 11) is 0. The van der Waals surface area contributed by atoms with E-state index in [9.17, 15) is 14.4 Å². The Bertz CT molecular complexity index is 1640. The monoisotopic (exact) mass is 694 g/mol. The van der Waals surface area contributed by atoms with Gasteiger partial charge in [0.2, 0.25) is 0 Å². The zero-order chi connectivity index (χ0) is 36.3. The second-order valence-electron chi connectivity index (χ2n) is 17.0. The first kappa shape index (κ1) is 37.1. The number of ether oxygens (including phenoxy) is 3. The van der Waals surface area contributed by atoms with Crippen LogP contribution in [0.15, 0.2) is 66.3 Å². The lowest BCUT2D eigenvalue weighted by molar-refractivity contribution is -0.145. The molecule has 2 aromatic carbocycles. The summed E-state index contributed by atoms with van der Waals surface area (Å²) >= 11 is 0. The minimum Gasteiger partial charge on any atom is -0.459 e. The first-order chi connectivity index (χ1) is 24.4. The van der Waals surface area contributed by atoms with Gasteiger partial charge in [-0.15, -0.1) is 0 Å². The maximum Gasteiger partial charge on any atom is 0.347 e. The Morgan fingerprint density at radius 2 is 1.65 bits per heavy atom. The third-order valence-electron chi connectivity index (χ3n) is 13.4. The van der Waals surface area contributed by atoms with E-state index in [0.29, 0.717) is 11.2 Å². The van der Waals surface area contributed by atoms with Crippen LogP contribution in [0.3, 0.4) is 0 Å². The molecule has 8 unspecified atom stereocenters. The molecular weight excluding hydrogens is 636 g/mol. The SMILES string of the molecule is CC(=O)Oc1ccccc1C(=O)Oc1ccc(C=CC(=O)OC2CCC3(C)C(=CCC4C3CCC3(C)C(C(C)CCCC(C)C)CCC43)C2)cc1. The Morgan fingerprint density at radius 1 is 0.882 bits per heavy atom. The number of hydrogen-bond acceptors (Lipinski definition) is 6. The number of fused-ring (bicyclic) bond motifs is 5. The number of rotatable bonds is 11. The molecule has 6 rings (SSSR count). The third kappa shape index (κ3) is 8.05. The van der Waals surface area contributed by atoms with Crippen LogP contribution in [0.1, 0.15) is 128 Å². The second-order valence-corrected chi connectivity index (χ2v) is 17.0. The van der Waals surface area contributed by atoms with E-state index >= 15 is 0 Å².